The fraction of sp³-hybridized carbons (Fsp3) is 0.533. The van der Waals surface area contributed by atoms with Crippen LogP contribution in [0.5, 0.6) is 0 Å². The van der Waals surface area contributed by atoms with Gasteiger partial charge in [-0.1, -0.05) is 5.16 Å². The zero-order chi connectivity index (χ0) is 16.2. The Morgan fingerprint density at radius 2 is 2.04 bits per heavy atom. The van der Waals surface area contributed by atoms with E-state index in [4.69, 9.17) is 4.52 Å². The fourth-order valence-corrected chi connectivity index (χ4v) is 3.40. The summed E-state index contributed by atoms with van der Waals surface area (Å²) in [7, 11) is 0. The molecule has 0 unspecified atom stereocenters. The molecule has 0 bridgehead atoms. The van der Waals surface area contributed by atoms with Gasteiger partial charge in [-0.15, -0.1) is 11.3 Å². The first-order valence-electron chi connectivity index (χ1n) is 7.67. The molecule has 3 rings (SSSR count). The van der Waals surface area contributed by atoms with Gasteiger partial charge in [0.1, 0.15) is 10.8 Å². The minimum Gasteiger partial charge on any atom is -0.360 e. The van der Waals surface area contributed by atoms with E-state index in [1.807, 2.05) is 6.92 Å². The van der Waals surface area contributed by atoms with Crippen LogP contribution in [0.1, 0.15) is 16.5 Å². The predicted molar refractivity (Wildman–Crippen MR) is 88.4 cm³/mol. The van der Waals surface area contributed by atoms with Crippen LogP contribution < -0.4 is 5.32 Å². The molecule has 1 N–H and O–H groups in total. The number of amides is 1. The SMILES string of the molecule is Cc1csc(CN2CCN(CC(=O)Nc3cc(C)on3)CC2)n1. The monoisotopic (exact) mass is 335 g/mol. The molecule has 0 aromatic carbocycles. The highest BCUT2D eigenvalue weighted by Crippen LogP contribution is 2.13. The number of carbonyl (C=O) groups excluding carboxylic acids is 1. The number of aryl methyl sites for hydroxylation is 2. The molecule has 0 spiro atoms. The molecule has 0 aliphatic carbocycles. The third-order valence-electron chi connectivity index (χ3n) is 3.75. The molecule has 1 aliphatic rings. The topological polar surface area (TPSA) is 74.5 Å². The molecule has 8 heteroatoms. The highest BCUT2D eigenvalue weighted by Gasteiger charge is 2.20. The van der Waals surface area contributed by atoms with Crippen LogP contribution in [0.3, 0.4) is 0 Å². The van der Waals surface area contributed by atoms with Crippen LogP contribution >= 0.6 is 11.3 Å². The second-order valence-corrected chi connectivity index (χ2v) is 6.75. The lowest BCUT2D eigenvalue weighted by atomic mass is 10.3. The van der Waals surface area contributed by atoms with Gasteiger partial charge in [0.2, 0.25) is 5.91 Å². The van der Waals surface area contributed by atoms with Crippen molar-refractivity contribution in [1.82, 2.24) is 19.9 Å². The van der Waals surface area contributed by atoms with E-state index in [0.717, 1.165) is 43.4 Å². The third kappa shape index (κ3) is 4.60. The average Bonchev–Trinajstić information content (AvgIpc) is 3.10. The van der Waals surface area contributed by atoms with Crippen molar-refractivity contribution in [2.45, 2.75) is 20.4 Å². The van der Waals surface area contributed by atoms with Crippen LogP contribution in [0.2, 0.25) is 0 Å². The van der Waals surface area contributed by atoms with Crippen LogP contribution in [-0.2, 0) is 11.3 Å². The van der Waals surface area contributed by atoms with Gasteiger partial charge < -0.3 is 9.84 Å². The van der Waals surface area contributed by atoms with Crippen molar-refractivity contribution in [3.8, 4) is 0 Å². The number of hydrogen-bond acceptors (Lipinski definition) is 7. The minimum atomic E-state index is -0.0534. The molecule has 23 heavy (non-hydrogen) atoms. The van der Waals surface area contributed by atoms with Crippen molar-refractivity contribution in [3.63, 3.8) is 0 Å². The van der Waals surface area contributed by atoms with Crippen LogP contribution in [0.25, 0.3) is 0 Å². The molecular weight excluding hydrogens is 314 g/mol. The number of hydrogen-bond donors (Lipinski definition) is 1. The minimum absolute atomic E-state index is 0.0534. The Kier molecular flexibility index (Phi) is 5.04. The molecule has 0 atom stereocenters. The third-order valence-corrected chi connectivity index (χ3v) is 4.70. The lowest BCUT2D eigenvalue weighted by molar-refractivity contribution is -0.117. The molecule has 2 aromatic rings. The van der Waals surface area contributed by atoms with Crippen molar-refractivity contribution in [2.75, 3.05) is 38.0 Å². The van der Waals surface area contributed by atoms with Gasteiger partial charge in [0, 0.05) is 43.3 Å². The van der Waals surface area contributed by atoms with E-state index in [2.05, 4.69) is 30.6 Å². The normalized spacial score (nSPS) is 16.6. The van der Waals surface area contributed by atoms with Crippen LogP contribution in [-0.4, -0.2) is 58.6 Å². The van der Waals surface area contributed by atoms with E-state index in [9.17, 15) is 4.79 Å². The van der Waals surface area contributed by atoms with Gasteiger partial charge in [-0.25, -0.2) is 4.98 Å². The summed E-state index contributed by atoms with van der Waals surface area (Å²) in [6, 6.07) is 1.71. The first kappa shape index (κ1) is 16.1. The Morgan fingerprint density at radius 1 is 1.30 bits per heavy atom. The van der Waals surface area contributed by atoms with E-state index in [1.54, 1.807) is 24.3 Å². The number of nitrogens with one attached hydrogen (secondary N) is 1. The molecule has 0 radical (unpaired) electrons. The maximum atomic E-state index is 12.0. The molecule has 1 saturated heterocycles. The van der Waals surface area contributed by atoms with Gasteiger partial charge in [-0.2, -0.15) is 0 Å². The highest BCUT2D eigenvalue weighted by atomic mass is 32.1. The largest absolute Gasteiger partial charge is 0.360 e. The summed E-state index contributed by atoms with van der Waals surface area (Å²) >= 11 is 1.71. The summed E-state index contributed by atoms with van der Waals surface area (Å²) in [5, 5.41) is 9.77. The van der Waals surface area contributed by atoms with Gasteiger partial charge in [0.05, 0.1) is 13.1 Å². The maximum Gasteiger partial charge on any atom is 0.239 e. The Morgan fingerprint density at radius 3 is 2.65 bits per heavy atom. The fourth-order valence-electron chi connectivity index (χ4n) is 2.58. The van der Waals surface area contributed by atoms with E-state index in [0.29, 0.717) is 18.1 Å². The van der Waals surface area contributed by atoms with Crippen LogP contribution in [0.15, 0.2) is 16.0 Å². The molecule has 1 fully saturated rings. The number of thiazole rings is 1. The van der Waals surface area contributed by atoms with E-state index < -0.39 is 0 Å². The summed E-state index contributed by atoms with van der Waals surface area (Å²) < 4.78 is 4.94. The second kappa shape index (κ2) is 7.20. The Bertz CT molecular complexity index is 660. The van der Waals surface area contributed by atoms with Crippen LogP contribution in [0.4, 0.5) is 5.82 Å². The van der Waals surface area contributed by atoms with Crippen LogP contribution in [0, 0.1) is 13.8 Å². The molecule has 2 aromatic heterocycles. The molecule has 3 heterocycles. The van der Waals surface area contributed by atoms with Gasteiger partial charge in [-0.05, 0) is 13.8 Å². The van der Waals surface area contributed by atoms with Gasteiger partial charge in [-0.3, -0.25) is 14.6 Å². The lowest BCUT2D eigenvalue weighted by Gasteiger charge is -2.33. The van der Waals surface area contributed by atoms with Crippen molar-refractivity contribution in [3.05, 3.63) is 27.9 Å². The van der Waals surface area contributed by atoms with Crippen molar-refractivity contribution in [1.29, 1.82) is 0 Å². The summed E-state index contributed by atoms with van der Waals surface area (Å²) in [5.41, 5.74) is 1.09. The number of piperazine rings is 1. The quantitative estimate of drug-likeness (QED) is 0.893. The molecule has 0 saturated carbocycles. The van der Waals surface area contributed by atoms with Gasteiger partial charge >= 0.3 is 0 Å². The zero-order valence-electron chi connectivity index (χ0n) is 13.4. The van der Waals surface area contributed by atoms with E-state index in [1.165, 1.54) is 0 Å². The first-order valence-corrected chi connectivity index (χ1v) is 8.55. The summed E-state index contributed by atoms with van der Waals surface area (Å²) in [4.78, 5) is 21.1. The highest BCUT2D eigenvalue weighted by molar-refractivity contribution is 7.09. The Balaban J connectivity index is 1.41. The predicted octanol–water partition coefficient (Wildman–Crippen LogP) is 1.50. The number of nitrogens with zero attached hydrogens (tertiary/aromatic N) is 4. The number of anilines is 1. The molecule has 124 valence electrons. The average molecular weight is 335 g/mol. The van der Waals surface area contributed by atoms with E-state index >= 15 is 0 Å². The molecule has 7 nitrogen and oxygen atoms in total. The van der Waals surface area contributed by atoms with Gasteiger partial charge in [0.25, 0.3) is 0 Å². The summed E-state index contributed by atoms with van der Waals surface area (Å²) in [6.45, 7) is 8.78. The summed E-state index contributed by atoms with van der Waals surface area (Å²) in [5.74, 6) is 1.11. The number of rotatable bonds is 5. The van der Waals surface area contributed by atoms with Gasteiger partial charge in [0.15, 0.2) is 5.82 Å². The smallest absolute Gasteiger partial charge is 0.239 e. The lowest BCUT2D eigenvalue weighted by Crippen LogP contribution is -2.48. The molecule has 1 amide bonds. The van der Waals surface area contributed by atoms with Crippen molar-refractivity contribution in [2.24, 2.45) is 0 Å². The number of aromatic nitrogens is 2. The Hall–Kier alpha value is -1.77. The van der Waals surface area contributed by atoms with Crippen molar-refractivity contribution < 1.29 is 9.32 Å². The molecular formula is C15H21N5O2S. The van der Waals surface area contributed by atoms with E-state index in [-0.39, 0.29) is 5.91 Å². The zero-order valence-corrected chi connectivity index (χ0v) is 14.2. The first-order chi connectivity index (χ1) is 11.1. The maximum absolute atomic E-state index is 12.0. The molecule has 1 aliphatic heterocycles. The second-order valence-electron chi connectivity index (χ2n) is 5.81. The van der Waals surface area contributed by atoms with Crippen molar-refractivity contribution >= 4 is 23.1 Å². The Labute approximate surface area is 139 Å². The standard InChI is InChI=1S/C15H21N5O2S/c1-11-10-23-15(16-11)9-20-5-3-19(4-6-20)8-14(21)17-13-7-12(2)22-18-13/h7,10H,3-6,8-9H2,1-2H3,(H,17,18,21). The number of carbonyl (C=O) groups is 1. The summed E-state index contributed by atoms with van der Waals surface area (Å²) in [6.07, 6.45) is 0.